The van der Waals surface area contributed by atoms with E-state index in [1.54, 1.807) is 0 Å². The Morgan fingerprint density at radius 2 is 2.22 bits per heavy atom. The van der Waals surface area contributed by atoms with Crippen LogP contribution in [0.25, 0.3) is 0 Å². The molecule has 0 saturated heterocycles. The lowest BCUT2D eigenvalue weighted by atomic mass is 9.96. The van der Waals surface area contributed by atoms with Gasteiger partial charge in [-0.2, -0.15) is 0 Å². The van der Waals surface area contributed by atoms with Gasteiger partial charge in [-0.1, -0.05) is 23.3 Å². The summed E-state index contributed by atoms with van der Waals surface area (Å²) >= 11 is 0. The van der Waals surface area contributed by atoms with Gasteiger partial charge in [-0.25, -0.2) is 0 Å². The van der Waals surface area contributed by atoms with Crippen molar-refractivity contribution in [3.63, 3.8) is 0 Å². The fourth-order valence-corrected chi connectivity index (χ4v) is 0.992. The average molecular weight is 123 g/mol. The lowest BCUT2D eigenvalue weighted by Gasteiger charge is -2.15. The van der Waals surface area contributed by atoms with Gasteiger partial charge in [-0.3, -0.25) is 0 Å². The Kier molecular flexibility index (Phi) is 1.72. The first-order valence-electron chi connectivity index (χ1n) is 3.31. The molecule has 0 amide bonds. The van der Waals surface area contributed by atoms with Crippen LogP contribution in [0.3, 0.4) is 0 Å². The van der Waals surface area contributed by atoms with Crippen LogP contribution in [-0.2, 0) is 0 Å². The van der Waals surface area contributed by atoms with Crippen LogP contribution in [0.2, 0.25) is 0 Å². The maximum absolute atomic E-state index is 5.76. The molecule has 0 bridgehead atoms. The second kappa shape index (κ2) is 2.36. The first kappa shape index (κ1) is 6.56. The van der Waals surface area contributed by atoms with Gasteiger partial charge in [0, 0.05) is 6.04 Å². The highest BCUT2D eigenvalue weighted by Crippen LogP contribution is 2.15. The summed E-state index contributed by atoms with van der Waals surface area (Å²) in [4.78, 5) is 0. The van der Waals surface area contributed by atoms with Gasteiger partial charge in [0.15, 0.2) is 0 Å². The Morgan fingerprint density at radius 3 is 2.67 bits per heavy atom. The molecule has 1 aliphatic rings. The maximum Gasteiger partial charge on any atom is 0.0291 e. The van der Waals surface area contributed by atoms with E-state index in [-0.39, 0.29) is 6.04 Å². The fourth-order valence-electron chi connectivity index (χ4n) is 0.992. The van der Waals surface area contributed by atoms with Crippen molar-refractivity contribution < 1.29 is 0 Å². The molecule has 1 aliphatic carbocycles. The summed E-state index contributed by atoms with van der Waals surface area (Å²) in [6.07, 6.45) is 5.27. The van der Waals surface area contributed by atoms with Crippen molar-refractivity contribution in [1.82, 2.24) is 0 Å². The van der Waals surface area contributed by atoms with Crippen molar-refractivity contribution in [3.05, 3.63) is 23.3 Å². The minimum atomic E-state index is 0.273. The van der Waals surface area contributed by atoms with Crippen molar-refractivity contribution in [1.29, 1.82) is 0 Å². The quantitative estimate of drug-likeness (QED) is 0.520. The molecule has 0 aromatic heterocycles. The molecular formula is C8H13N. The molecule has 1 atom stereocenters. The molecule has 1 unspecified atom stereocenters. The highest BCUT2D eigenvalue weighted by molar-refractivity contribution is 5.30. The molecule has 0 radical (unpaired) electrons. The minimum Gasteiger partial charge on any atom is -0.324 e. The Morgan fingerprint density at radius 1 is 1.56 bits per heavy atom. The highest BCUT2D eigenvalue weighted by Gasteiger charge is 2.07. The summed E-state index contributed by atoms with van der Waals surface area (Å²) in [5.41, 5.74) is 8.42. The van der Waals surface area contributed by atoms with E-state index in [0.717, 1.165) is 6.42 Å². The van der Waals surface area contributed by atoms with Crippen LogP contribution in [0.5, 0.6) is 0 Å². The van der Waals surface area contributed by atoms with Crippen molar-refractivity contribution in [2.45, 2.75) is 26.3 Å². The lowest BCUT2D eigenvalue weighted by Crippen LogP contribution is -2.22. The molecule has 0 aromatic carbocycles. The highest BCUT2D eigenvalue weighted by atomic mass is 14.6. The smallest absolute Gasteiger partial charge is 0.0291 e. The minimum absolute atomic E-state index is 0.273. The summed E-state index contributed by atoms with van der Waals surface area (Å²) in [6.45, 7) is 4.20. The van der Waals surface area contributed by atoms with Crippen LogP contribution < -0.4 is 5.73 Å². The van der Waals surface area contributed by atoms with E-state index in [1.165, 1.54) is 11.1 Å². The van der Waals surface area contributed by atoms with Gasteiger partial charge < -0.3 is 5.73 Å². The van der Waals surface area contributed by atoms with Crippen LogP contribution in [0, 0.1) is 0 Å². The largest absolute Gasteiger partial charge is 0.324 e. The first-order valence-corrected chi connectivity index (χ1v) is 3.31. The molecule has 1 nitrogen and oxygen atoms in total. The van der Waals surface area contributed by atoms with Gasteiger partial charge in [-0.05, 0) is 20.3 Å². The Bertz CT molecular complexity index is 165. The van der Waals surface area contributed by atoms with Crippen molar-refractivity contribution in [3.8, 4) is 0 Å². The molecule has 0 heterocycles. The molecule has 1 heteroatoms. The number of allylic oxidation sites excluding steroid dienone is 2. The maximum atomic E-state index is 5.76. The third kappa shape index (κ3) is 1.22. The van der Waals surface area contributed by atoms with Crippen LogP contribution >= 0.6 is 0 Å². The van der Waals surface area contributed by atoms with E-state index in [9.17, 15) is 0 Å². The van der Waals surface area contributed by atoms with Crippen molar-refractivity contribution >= 4 is 0 Å². The van der Waals surface area contributed by atoms with Gasteiger partial charge in [0.05, 0.1) is 0 Å². The van der Waals surface area contributed by atoms with E-state index in [1.807, 2.05) is 0 Å². The summed E-state index contributed by atoms with van der Waals surface area (Å²) in [6, 6.07) is 0.273. The monoisotopic (exact) mass is 123 g/mol. The van der Waals surface area contributed by atoms with Gasteiger partial charge in [0.2, 0.25) is 0 Å². The molecular weight excluding hydrogens is 110 g/mol. The van der Waals surface area contributed by atoms with E-state index in [2.05, 4.69) is 26.0 Å². The van der Waals surface area contributed by atoms with Crippen molar-refractivity contribution in [2.75, 3.05) is 0 Å². The van der Waals surface area contributed by atoms with Crippen LogP contribution in [-0.4, -0.2) is 6.04 Å². The van der Waals surface area contributed by atoms with E-state index >= 15 is 0 Å². The molecule has 0 aliphatic heterocycles. The standard InChI is InChI=1S/C8H13N/c1-6-4-3-5-8(9)7(6)2/h3-4,8H,5,9H2,1-2H3. The molecule has 0 saturated carbocycles. The zero-order chi connectivity index (χ0) is 6.85. The third-order valence-electron chi connectivity index (χ3n) is 1.94. The lowest BCUT2D eigenvalue weighted by molar-refractivity contribution is 0.763. The zero-order valence-electron chi connectivity index (χ0n) is 6.02. The number of rotatable bonds is 0. The normalized spacial score (nSPS) is 27.2. The Balaban J connectivity index is 2.83. The summed E-state index contributed by atoms with van der Waals surface area (Å²) in [5, 5.41) is 0. The van der Waals surface area contributed by atoms with E-state index in [4.69, 9.17) is 5.73 Å². The van der Waals surface area contributed by atoms with E-state index in [0.29, 0.717) is 0 Å². The van der Waals surface area contributed by atoms with E-state index < -0.39 is 0 Å². The van der Waals surface area contributed by atoms with Crippen LogP contribution in [0.15, 0.2) is 23.3 Å². The molecule has 9 heavy (non-hydrogen) atoms. The molecule has 0 fully saturated rings. The van der Waals surface area contributed by atoms with Gasteiger partial charge in [-0.15, -0.1) is 0 Å². The zero-order valence-corrected chi connectivity index (χ0v) is 6.02. The molecule has 50 valence electrons. The van der Waals surface area contributed by atoms with Gasteiger partial charge in [0.25, 0.3) is 0 Å². The SMILES string of the molecule is CC1=C(C)C(N)CC=C1. The predicted molar refractivity (Wildman–Crippen MR) is 40.1 cm³/mol. The molecule has 0 spiro atoms. The topological polar surface area (TPSA) is 26.0 Å². The number of hydrogen-bond donors (Lipinski definition) is 1. The van der Waals surface area contributed by atoms with Crippen LogP contribution in [0.4, 0.5) is 0 Å². The summed E-state index contributed by atoms with van der Waals surface area (Å²) < 4.78 is 0. The second-order valence-corrected chi connectivity index (χ2v) is 2.61. The van der Waals surface area contributed by atoms with Gasteiger partial charge >= 0.3 is 0 Å². The second-order valence-electron chi connectivity index (χ2n) is 2.61. The van der Waals surface area contributed by atoms with Crippen LogP contribution in [0.1, 0.15) is 20.3 Å². The van der Waals surface area contributed by atoms with Crippen molar-refractivity contribution in [2.24, 2.45) is 5.73 Å². The fraction of sp³-hybridized carbons (Fsp3) is 0.500. The van der Waals surface area contributed by atoms with Gasteiger partial charge in [0.1, 0.15) is 0 Å². The molecule has 2 N–H and O–H groups in total. The third-order valence-corrected chi connectivity index (χ3v) is 1.94. The average Bonchev–Trinajstić information content (AvgIpc) is 1.83. The summed E-state index contributed by atoms with van der Waals surface area (Å²) in [7, 11) is 0. The number of nitrogens with two attached hydrogens (primary N) is 1. The predicted octanol–water partition coefficient (Wildman–Crippen LogP) is 1.61. The molecule has 0 aromatic rings. The summed E-state index contributed by atoms with van der Waals surface area (Å²) in [5.74, 6) is 0. The Labute approximate surface area is 56.2 Å². The Hall–Kier alpha value is -0.560. The molecule has 1 rings (SSSR count). The number of hydrogen-bond acceptors (Lipinski definition) is 1. The first-order chi connectivity index (χ1) is 4.22.